The van der Waals surface area contributed by atoms with Crippen molar-refractivity contribution < 1.29 is 9.63 Å². The molecule has 2 aliphatic rings. The summed E-state index contributed by atoms with van der Waals surface area (Å²) in [5.41, 5.74) is 2.67. The number of likely N-dealkylation sites (tertiary alicyclic amines) is 1. The summed E-state index contributed by atoms with van der Waals surface area (Å²) in [5.74, 6) is 0.000492. The van der Waals surface area contributed by atoms with E-state index in [0.29, 0.717) is 12.1 Å². The van der Waals surface area contributed by atoms with Gasteiger partial charge in [0, 0.05) is 24.9 Å². The number of hydrogen-bond donors (Lipinski definition) is 1. The number of aromatic nitrogens is 1. The molecule has 0 bridgehead atoms. The fourth-order valence-corrected chi connectivity index (χ4v) is 3.40. The molecule has 2 aliphatic heterocycles. The van der Waals surface area contributed by atoms with Crippen LogP contribution in [0.15, 0.2) is 53.8 Å². The zero-order chi connectivity index (χ0) is 15.6. The lowest BCUT2D eigenvalue weighted by Crippen LogP contribution is -2.35. The number of amides is 1. The van der Waals surface area contributed by atoms with Crippen molar-refractivity contribution >= 4 is 11.6 Å². The highest BCUT2D eigenvalue weighted by atomic mass is 16.6. The van der Waals surface area contributed by atoms with Crippen LogP contribution in [0.25, 0.3) is 0 Å². The molecule has 5 nitrogen and oxygen atoms in total. The predicted octanol–water partition coefficient (Wildman–Crippen LogP) is 3.20. The summed E-state index contributed by atoms with van der Waals surface area (Å²) in [6.07, 6.45) is 4.30. The van der Waals surface area contributed by atoms with E-state index in [0.717, 1.165) is 30.6 Å². The number of nitrogens with zero attached hydrogens (tertiary/aromatic N) is 2. The predicted molar refractivity (Wildman–Crippen MR) is 86.8 cm³/mol. The van der Waals surface area contributed by atoms with Crippen molar-refractivity contribution in [1.82, 2.24) is 9.88 Å². The quantitative estimate of drug-likeness (QED) is 0.946. The molecule has 1 aromatic heterocycles. The molecule has 5 heteroatoms. The molecule has 2 atom stereocenters. The molecule has 4 rings (SSSR count). The molecular weight excluding hydrogens is 290 g/mol. The maximum absolute atomic E-state index is 12.8. The van der Waals surface area contributed by atoms with Gasteiger partial charge >= 0.3 is 0 Å². The Morgan fingerprint density at radius 3 is 2.87 bits per heavy atom. The average molecular weight is 309 g/mol. The van der Waals surface area contributed by atoms with Gasteiger partial charge in [0.1, 0.15) is 5.71 Å². The average Bonchev–Trinajstić information content (AvgIpc) is 3.34. The van der Waals surface area contributed by atoms with Crippen LogP contribution in [0.5, 0.6) is 0 Å². The minimum absolute atomic E-state index is 0.000492. The molecule has 118 valence electrons. The van der Waals surface area contributed by atoms with E-state index in [4.69, 9.17) is 4.84 Å². The summed E-state index contributed by atoms with van der Waals surface area (Å²) in [7, 11) is 0. The van der Waals surface area contributed by atoms with Gasteiger partial charge in [-0.3, -0.25) is 4.79 Å². The maximum Gasteiger partial charge on any atom is 0.272 e. The molecule has 1 saturated heterocycles. The van der Waals surface area contributed by atoms with Crippen molar-refractivity contribution in [2.24, 2.45) is 5.16 Å². The smallest absolute Gasteiger partial charge is 0.272 e. The molecule has 0 aliphatic carbocycles. The maximum atomic E-state index is 12.8. The highest BCUT2D eigenvalue weighted by molar-refractivity contribution is 6.39. The Morgan fingerprint density at radius 2 is 2.09 bits per heavy atom. The number of carbonyl (C=O) groups excluding carboxylic acids is 1. The van der Waals surface area contributed by atoms with Gasteiger partial charge < -0.3 is 14.7 Å². The van der Waals surface area contributed by atoms with E-state index in [1.54, 1.807) is 0 Å². The molecule has 1 amide bonds. The van der Waals surface area contributed by atoms with Crippen molar-refractivity contribution in [2.75, 3.05) is 6.54 Å². The summed E-state index contributed by atoms with van der Waals surface area (Å²) < 4.78 is 0. The van der Waals surface area contributed by atoms with E-state index in [1.807, 2.05) is 53.6 Å². The highest BCUT2D eigenvalue weighted by Crippen LogP contribution is 2.33. The van der Waals surface area contributed by atoms with Gasteiger partial charge in [0.15, 0.2) is 6.10 Å². The molecule has 2 aromatic rings. The molecule has 3 heterocycles. The first kappa shape index (κ1) is 14.1. The van der Waals surface area contributed by atoms with E-state index in [-0.39, 0.29) is 18.1 Å². The molecule has 23 heavy (non-hydrogen) atoms. The van der Waals surface area contributed by atoms with E-state index in [1.165, 1.54) is 0 Å². The van der Waals surface area contributed by atoms with Crippen LogP contribution in [0.2, 0.25) is 0 Å². The molecular formula is C18H19N3O2. The van der Waals surface area contributed by atoms with Gasteiger partial charge in [0.05, 0.1) is 6.04 Å². The number of rotatable bonds is 3. The number of oxime groups is 1. The van der Waals surface area contributed by atoms with Crippen LogP contribution in [-0.2, 0) is 9.63 Å². The number of carbonyl (C=O) groups is 1. The first-order chi connectivity index (χ1) is 11.3. The summed E-state index contributed by atoms with van der Waals surface area (Å²) in [4.78, 5) is 23.5. The van der Waals surface area contributed by atoms with Crippen molar-refractivity contribution in [1.29, 1.82) is 0 Å². The Kier molecular flexibility index (Phi) is 3.61. The first-order valence-corrected chi connectivity index (χ1v) is 8.05. The minimum Gasteiger partial charge on any atom is -0.387 e. The Hall–Kier alpha value is -2.56. The fraction of sp³-hybridized carbons (Fsp3) is 0.333. The van der Waals surface area contributed by atoms with Crippen molar-refractivity contribution in [3.63, 3.8) is 0 Å². The lowest BCUT2D eigenvalue weighted by Gasteiger charge is -2.23. The number of nitrogens with one attached hydrogen (secondary N) is 1. The third kappa shape index (κ3) is 2.63. The minimum atomic E-state index is -0.151. The van der Waals surface area contributed by atoms with E-state index < -0.39 is 0 Å². The van der Waals surface area contributed by atoms with Gasteiger partial charge in [-0.25, -0.2) is 0 Å². The third-order valence-corrected chi connectivity index (χ3v) is 4.58. The van der Waals surface area contributed by atoms with Crippen LogP contribution in [0, 0.1) is 0 Å². The molecule has 0 spiro atoms. The molecule has 2 unspecified atom stereocenters. The molecule has 1 fully saturated rings. The topological polar surface area (TPSA) is 57.7 Å². The highest BCUT2D eigenvalue weighted by Gasteiger charge is 2.36. The standard InChI is InChI=1S/C18H19N3O2/c22-18(21-11-5-9-16(21)14-8-4-10-19-14)15-12-17(23-20-15)13-6-2-1-3-7-13/h1-4,6-8,10,16-17,19H,5,9,11-12H2. The number of benzene rings is 1. The van der Waals surface area contributed by atoms with Crippen LogP contribution >= 0.6 is 0 Å². The molecule has 0 radical (unpaired) electrons. The van der Waals surface area contributed by atoms with Gasteiger partial charge in [0.25, 0.3) is 5.91 Å². The lowest BCUT2D eigenvalue weighted by atomic mass is 10.0. The lowest BCUT2D eigenvalue weighted by molar-refractivity contribution is -0.125. The van der Waals surface area contributed by atoms with Crippen LogP contribution in [0.4, 0.5) is 0 Å². The summed E-state index contributed by atoms with van der Waals surface area (Å²) in [5, 5.41) is 4.07. The van der Waals surface area contributed by atoms with Gasteiger partial charge in [-0.05, 0) is 30.5 Å². The Morgan fingerprint density at radius 1 is 1.22 bits per heavy atom. The van der Waals surface area contributed by atoms with E-state index in [2.05, 4.69) is 10.1 Å². The number of H-pyrrole nitrogens is 1. The number of aromatic amines is 1. The Bertz CT molecular complexity index is 709. The van der Waals surface area contributed by atoms with Gasteiger partial charge in [-0.15, -0.1) is 0 Å². The zero-order valence-corrected chi connectivity index (χ0v) is 12.8. The first-order valence-electron chi connectivity index (χ1n) is 8.05. The monoisotopic (exact) mass is 309 g/mol. The second-order valence-electron chi connectivity index (χ2n) is 6.03. The number of hydrogen-bond acceptors (Lipinski definition) is 3. The van der Waals surface area contributed by atoms with Crippen molar-refractivity contribution in [2.45, 2.75) is 31.4 Å². The summed E-state index contributed by atoms with van der Waals surface area (Å²) in [6.45, 7) is 0.775. The van der Waals surface area contributed by atoms with Gasteiger partial charge in [-0.2, -0.15) is 0 Å². The van der Waals surface area contributed by atoms with Crippen LogP contribution < -0.4 is 0 Å². The summed E-state index contributed by atoms with van der Waals surface area (Å²) >= 11 is 0. The fourth-order valence-electron chi connectivity index (χ4n) is 3.40. The third-order valence-electron chi connectivity index (χ3n) is 4.58. The SMILES string of the molecule is O=C(C1=NOC(c2ccccc2)C1)N1CCCC1c1ccc[nH]1. The van der Waals surface area contributed by atoms with Crippen molar-refractivity contribution in [3.8, 4) is 0 Å². The molecule has 1 aromatic carbocycles. The van der Waals surface area contributed by atoms with Crippen LogP contribution in [0.3, 0.4) is 0 Å². The largest absolute Gasteiger partial charge is 0.387 e. The normalized spacial score (nSPS) is 23.7. The zero-order valence-electron chi connectivity index (χ0n) is 12.8. The van der Waals surface area contributed by atoms with Crippen LogP contribution in [-0.4, -0.2) is 28.0 Å². The Balaban J connectivity index is 1.47. The molecule has 0 saturated carbocycles. The second-order valence-corrected chi connectivity index (χ2v) is 6.03. The molecule has 1 N–H and O–H groups in total. The second kappa shape index (κ2) is 5.91. The van der Waals surface area contributed by atoms with Crippen LogP contribution in [0.1, 0.15) is 42.7 Å². The van der Waals surface area contributed by atoms with Crippen molar-refractivity contribution in [3.05, 3.63) is 59.9 Å². The van der Waals surface area contributed by atoms with E-state index >= 15 is 0 Å². The Labute approximate surface area is 134 Å². The van der Waals surface area contributed by atoms with Gasteiger partial charge in [0.2, 0.25) is 0 Å². The van der Waals surface area contributed by atoms with E-state index in [9.17, 15) is 4.79 Å². The summed E-state index contributed by atoms with van der Waals surface area (Å²) in [6, 6.07) is 14.1. The van der Waals surface area contributed by atoms with Gasteiger partial charge in [-0.1, -0.05) is 35.5 Å².